The highest BCUT2D eigenvalue weighted by molar-refractivity contribution is 9.10. The first-order valence-electron chi connectivity index (χ1n) is 4.23. The average molecular weight is 223 g/mol. The standard InChI is InChI=1S/C7H7BrFNO/c1-11-6-3-4(8)2-5(9)7(6)10/h2-3H,10H2,1H3/i1D3. The number of rotatable bonds is 1. The van der Waals surface area contributed by atoms with Gasteiger partial charge in [-0.25, -0.2) is 4.39 Å². The van der Waals surface area contributed by atoms with E-state index in [2.05, 4.69) is 20.7 Å². The highest BCUT2D eigenvalue weighted by Crippen LogP contribution is 2.28. The van der Waals surface area contributed by atoms with E-state index in [0.717, 1.165) is 6.07 Å². The number of methoxy groups -OCH3 is 1. The Morgan fingerprint density at radius 2 is 2.45 bits per heavy atom. The van der Waals surface area contributed by atoms with Crippen LogP contribution < -0.4 is 10.5 Å². The van der Waals surface area contributed by atoms with Crippen LogP contribution in [-0.2, 0) is 0 Å². The van der Waals surface area contributed by atoms with E-state index in [9.17, 15) is 4.39 Å². The first-order valence-corrected chi connectivity index (χ1v) is 3.52. The summed E-state index contributed by atoms with van der Waals surface area (Å²) in [5.41, 5.74) is 4.97. The molecule has 0 bridgehead atoms. The Balaban J connectivity index is 3.09. The fourth-order valence-electron chi connectivity index (χ4n) is 0.646. The molecule has 60 valence electrons. The molecular formula is C7H7BrFNO. The summed E-state index contributed by atoms with van der Waals surface area (Å²) in [6.07, 6.45) is 0. The molecule has 0 radical (unpaired) electrons. The van der Waals surface area contributed by atoms with Gasteiger partial charge in [-0.2, -0.15) is 0 Å². The molecule has 1 aromatic carbocycles. The molecule has 1 rings (SSSR count). The minimum absolute atomic E-state index is 0.197. The fraction of sp³-hybridized carbons (Fsp3) is 0.143. The van der Waals surface area contributed by atoms with Crippen molar-refractivity contribution in [1.82, 2.24) is 0 Å². The zero-order chi connectivity index (χ0) is 10.9. The van der Waals surface area contributed by atoms with Crippen molar-refractivity contribution in [2.45, 2.75) is 0 Å². The van der Waals surface area contributed by atoms with Gasteiger partial charge in [-0.05, 0) is 12.1 Å². The van der Waals surface area contributed by atoms with Crippen molar-refractivity contribution in [3.05, 3.63) is 22.4 Å². The van der Waals surface area contributed by atoms with E-state index in [1.165, 1.54) is 6.07 Å². The zero-order valence-corrected chi connectivity index (χ0v) is 6.98. The predicted octanol–water partition coefficient (Wildman–Crippen LogP) is 2.18. The number of hydrogen-bond acceptors (Lipinski definition) is 2. The van der Waals surface area contributed by atoms with Gasteiger partial charge in [0, 0.05) is 4.47 Å². The number of ether oxygens (including phenoxy) is 1. The predicted molar refractivity (Wildman–Crippen MR) is 45.1 cm³/mol. The fourth-order valence-corrected chi connectivity index (χ4v) is 1.05. The van der Waals surface area contributed by atoms with Crippen LogP contribution in [0.4, 0.5) is 10.1 Å². The molecule has 0 unspecified atom stereocenters. The number of nitrogens with two attached hydrogens (primary N) is 1. The highest BCUT2D eigenvalue weighted by atomic mass is 79.9. The maximum Gasteiger partial charge on any atom is 0.151 e. The molecule has 0 saturated heterocycles. The smallest absolute Gasteiger partial charge is 0.151 e. The van der Waals surface area contributed by atoms with Crippen LogP contribution in [0.1, 0.15) is 4.11 Å². The molecule has 0 spiro atoms. The topological polar surface area (TPSA) is 35.2 Å². The Labute approximate surface area is 76.5 Å². The molecule has 0 aliphatic carbocycles. The van der Waals surface area contributed by atoms with Gasteiger partial charge in [0.1, 0.15) is 11.4 Å². The molecule has 11 heavy (non-hydrogen) atoms. The Hall–Kier alpha value is -0.770. The molecule has 0 heterocycles. The molecule has 1 aromatic rings. The van der Waals surface area contributed by atoms with Crippen molar-refractivity contribution in [2.24, 2.45) is 0 Å². The molecule has 2 N–H and O–H groups in total. The first-order chi connectivity index (χ1) is 6.29. The molecule has 0 fully saturated rings. The van der Waals surface area contributed by atoms with Crippen LogP contribution in [-0.4, -0.2) is 7.04 Å². The van der Waals surface area contributed by atoms with Crippen LogP contribution in [0.2, 0.25) is 0 Å². The van der Waals surface area contributed by atoms with Crippen molar-refractivity contribution in [1.29, 1.82) is 0 Å². The molecule has 0 amide bonds. The Morgan fingerprint density at radius 3 is 3.09 bits per heavy atom. The van der Waals surface area contributed by atoms with E-state index in [1.54, 1.807) is 0 Å². The quantitative estimate of drug-likeness (QED) is 0.740. The van der Waals surface area contributed by atoms with Crippen molar-refractivity contribution >= 4 is 21.6 Å². The lowest BCUT2D eigenvalue weighted by Crippen LogP contribution is -1.95. The largest absolute Gasteiger partial charge is 0.494 e. The molecule has 0 aliphatic rings. The summed E-state index contributed by atoms with van der Waals surface area (Å²) in [7, 11) is -2.64. The summed E-state index contributed by atoms with van der Waals surface area (Å²) in [6, 6.07) is 2.42. The lowest BCUT2D eigenvalue weighted by molar-refractivity contribution is 0.414. The summed E-state index contributed by atoms with van der Waals surface area (Å²) in [6.45, 7) is 0. The summed E-state index contributed by atoms with van der Waals surface area (Å²) in [5.74, 6) is -0.921. The van der Waals surface area contributed by atoms with Gasteiger partial charge in [-0.1, -0.05) is 15.9 Å². The van der Waals surface area contributed by atoms with Crippen LogP contribution in [0.5, 0.6) is 5.75 Å². The molecule has 0 aromatic heterocycles. The van der Waals surface area contributed by atoms with E-state index in [4.69, 9.17) is 9.85 Å². The first kappa shape index (κ1) is 4.98. The molecule has 2 nitrogen and oxygen atoms in total. The summed E-state index contributed by atoms with van der Waals surface area (Å²) >= 11 is 3.00. The summed E-state index contributed by atoms with van der Waals surface area (Å²) in [4.78, 5) is 0. The maximum atomic E-state index is 13.0. The molecule has 0 aliphatic heterocycles. The Kier molecular flexibility index (Phi) is 1.40. The minimum Gasteiger partial charge on any atom is -0.494 e. The van der Waals surface area contributed by atoms with Crippen LogP contribution in [0, 0.1) is 5.82 Å². The van der Waals surface area contributed by atoms with Crippen LogP contribution in [0.15, 0.2) is 16.6 Å². The summed E-state index contributed by atoms with van der Waals surface area (Å²) < 4.78 is 38.3. The number of hydrogen-bond donors (Lipinski definition) is 1. The third-order valence-electron chi connectivity index (χ3n) is 1.17. The monoisotopic (exact) mass is 222 g/mol. The highest BCUT2D eigenvalue weighted by Gasteiger charge is 2.05. The van der Waals surface area contributed by atoms with Crippen molar-refractivity contribution < 1.29 is 13.2 Å². The van der Waals surface area contributed by atoms with Crippen molar-refractivity contribution in [3.8, 4) is 5.75 Å². The maximum absolute atomic E-state index is 13.0. The van der Waals surface area contributed by atoms with Crippen LogP contribution in [0.25, 0.3) is 0 Å². The number of halogens is 2. The zero-order valence-electron chi connectivity index (χ0n) is 8.40. The third-order valence-corrected chi connectivity index (χ3v) is 1.62. The van der Waals surface area contributed by atoms with Crippen LogP contribution >= 0.6 is 15.9 Å². The van der Waals surface area contributed by atoms with Crippen molar-refractivity contribution in [2.75, 3.05) is 12.8 Å². The van der Waals surface area contributed by atoms with E-state index in [0.29, 0.717) is 4.47 Å². The number of nitrogen functional groups attached to an aromatic ring is 1. The summed E-state index contributed by atoms with van der Waals surface area (Å²) in [5, 5.41) is 0. The average Bonchev–Trinajstić information content (AvgIpc) is 1.96. The van der Waals surface area contributed by atoms with E-state index in [-0.39, 0.29) is 11.4 Å². The molecule has 0 atom stereocenters. The lowest BCUT2D eigenvalue weighted by Gasteiger charge is -2.04. The van der Waals surface area contributed by atoms with Gasteiger partial charge >= 0.3 is 0 Å². The van der Waals surface area contributed by atoms with Gasteiger partial charge in [0.05, 0.1) is 11.2 Å². The van der Waals surface area contributed by atoms with Crippen molar-refractivity contribution in [3.63, 3.8) is 0 Å². The number of anilines is 1. The second kappa shape index (κ2) is 3.09. The Morgan fingerprint density at radius 1 is 1.73 bits per heavy atom. The minimum atomic E-state index is -2.64. The van der Waals surface area contributed by atoms with Gasteiger partial charge in [-0.15, -0.1) is 0 Å². The Bertz CT molecular complexity index is 356. The van der Waals surface area contributed by atoms with Gasteiger partial charge in [-0.3, -0.25) is 0 Å². The molecular weight excluding hydrogens is 213 g/mol. The van der Waals surface area contributed by atoms with E-state index < -0.39 is 12.9 Å². The van der Waals surface area contributed by atoms with Gasteiger partial charge in [0.2, 0.25) is 0 Å². The SMILES string of the molecule is [2H]C([2H])([2H])Oc1cc(Br)cc(F)c1N. The van der Waals surface area contributed by atoms with E-state index >= 15 is 0 Å². The number of benzene rings is 1. The van der Waals surface area contributed by atoms with Gasteiger partial charge < -0.3 is 10.5 Å². The van der Waals surface area contributed by atoms with Gasteiger partial charge in [0.15, 0.2) is 5.82 Å². The van der Waals surface area contributed by atoms with Crippen LogP contribution in [0.3, 0.4) is 0 Å². The molecule has 4 heteroatoms. The third kappa shape index (κ3) is 1.63. The molecule has 0 saturated carbocycles. The lowest BCUT2D eigenvalue weighted by atomic mass is 10.3. The second-order valence-electron chi connectivity index (χ2n) is 1.90. The second-order valence-corrected chi connectivity index (χ2v) is 2.82. The van der Waals surface area contributed by atoms with Gasteiger partial charge in [0.25, 0.3) is 0 Å². The van der Waals surface area contributed by atoms with E-state index in [1.807, 2.05) is 0 Å². The normalized spacial score (nSPS) is 14.9.